The molecule has 0 aromatic heterocycles. The maximum atomic E-state index is 6.15. The molecule has 2 rings (SSSR count). The second-order valence-corrected chi connectivity index (χ2v) is 5.02. The van der Waals surface area contributed by atoms with E-state index in [1.807, 2.05) is 56.4 Å². The minimum Gasteiger partial charge on any atom is -0.496 e. The minimum absolute atomic E-state index is 0.0543. The predicted molar refractivity (Wildman–Crippen MR) is 86.5 cm³/mol. The average molecular weight is 306 g/mol. The molecular formula is C17H20ClNO2. The maximum absolute atomic E-state index is 6.15. The molecule has 1 unspecified atom stereocenters. The number of halogens is 1. The van der Waals surface area contributed by atoms with Crippen LogP contribution < -0.4 is 14.8 Å². The SMILES string of the molecule is CCOc1ccccc1C(NC)c1cc(Cl)ccc1OC. The highest BCUT2D eigenvalue weighted by molar-refractivity contribution is 6.30. The molecule has 2 aromatic rings. The summed E-state index contributed by atoms with van der Waals surface area (Å²) in [5.41, 5.74) is 2.04. The van der Waals surface area contributed by atoms with Crippen molar-refractivity contribution in [3.8, 4) is 11.5 Å². The van der Waals surface area contributed by atoms with Gasteiger partial charge < -0.3 is 14.8 Å². The van der Waals surface area contributed by atoms with E-state index in [0.717, 1.165) is 22.6 Å². The summed E-state index contributed by atoms with van der Waals surface area (Å²) in [5, 5.41) is 4.00. The van der Waals surface area contributed by atoms with Gasteiger partial charge in [-0.15, -0.1) is 0 Å². The Morgan fingerprint density at radius 3 is 2.52 bits per heavy atom. The fraction of sp³-hybridized carbons (Fsp3) is 0.294. The Bertz CT molecular complexity index is 601. The van der Waals surface area contributed by atoms with Crippen molar-refractivity contribution in [3.05, 3.63) is 58.6 Å². The first kappa shape index (κ1) is 15.7. The summed E-state index contributed by atoms with van der Waals surface area (Å²) in [7, 11) is 3.57. The van der Waals surface area contributed by atoms with Crippen LogP contribution in [0.4, 0.5) is 0 Å². The molecule has 0 fully saturated rings. The van der Waals surface area contributed by atoms with Crippen LogP contribution in [0, 0.1) is 0 Å². The summed E-state index contributed by atoms with van der Waals surface area (Å²) < 4.78 is 11.2. The van der Waals surface area contributed by atoms with Crippen molar-refractivity contribution in [2.45, 2.75) is 13.0 Å². The third kappa shape index (κ3) is 3.49. The molecule has 0 radical (unpaired) electrons. The van der Waals surface area contributed by atoms with Crippen molar-refractivity contribution in [1.82, 2.24) is 5.32 Å². The smallest absolute Gasteiger partial charge is 0.124 e. The van der Waals surface area contributed by atoms with Crippen LogP contribution in [0.25, 0.3) is 0 Å². The molecule has 2 aromatic carbocycles. The Labute approximate surface area is 130 Å². The number of para-hydroxylation sites is 1. The summed E-state index contributed by atoms with van der Waals surface area (Å²) in [6.07, 6.45) is 0. The average Bonchev–Trinajstić information content (AvgIpc) is 2.50. The zero-order chi connectivity index (χ0) is 15.2. The van der Waals surface area contributed by atoms with Crippen LogP contribution in [0.3, 0.4) is 0 Å². The number of methoxy groups -OCH3 is 1. The van der Waals surface area contributed by atoms with Crippen molar-refractivity contribution in [2.24, 2.45) is 0 Å². The van der Waals surface area contributed by atoms with Crippen molar-refractivity contribution in [3.63, 3.8) is 0 Å². The number of hydrogen-bond donors (Lipinski definition) is 1. The fourth-order valence-electron chi connectivity index (χ4n) is 2.42. The van der Waals surface area contributed by atoms with E-state index in [1.54, 1.807) is 7.11 Å². The zero-order valence-corrected chi connectivity index (χ0v) is 13.3. The lowest BCUT2D eigenvalue weighted by atomic mass is 9.97. The molecule has 0 amide bonds. The summed E-state index contributed by atoms with van der Waals surface area (Å²) >= 11 is 6.15. The molecule has 1 N–H and O–H groups in total. The molecule has 0 heterocycles. The zero-order valence-electron chi connectivity index (χ0n) is 12.5. The second-order valence-electron chi connectivity index (χ2n) is 4.58. The van der Waals surface area contributed by atoms with Gasteiger partial charge in [0.1, 0.15) is 11.5 Å². The molecule has 0 spiro atoms. The van der Waals surface area contributed by atoms with Gasteiger partial charge in [-0.1, -0.05) is 29.8 Å². The van der Waals surface area contributed by atoms with Gasteiger partial charge >= 0.3 is 0 Å². The van der Waals surface area contributed by atoms with Gasteiger partial charge in [-0.2, -0.15) is 0 Å². The Morgan fingerprint density at radius 1 is 1.10 bits per heavy atom. The molecule has 0 bridgehead atoms. The third-order valence-corrected chi connectivity index (χ3v) is 3.56. The number of ether oxygens (including phenoxy) is 2. The molecule has 112 valence electrons. The van der Waals surface area contributed by atoms with Crippen LogP contribution in [0.15, 0.2) is 42.5 Å². The molecule has 0 saturated carbocycles. The molecule has 4 heteroatoms. The van der Waals surface area contributed by atoms with Crippen molar-refractivity contribution in [1.29, 1.82) is 0 Å². The molecular weight excluding hydrogens is 286 g/mol. The minimum atomic E-state index is -0.0543. The van der Waals surface area contributed by atoms with Crippen LogP contribution in [0.1, 0.15) is 24.1 Å². The molecule has 0 aliphatic carbocycles. The Kier molecular flexibility index (Phi) is 5.48. The molecule has 0 aliphatic heterocycles. The topological polar surface area (TPSA) is 30.5 Å². The van der Waals surface area contributed by atoms with E-state index < -0.39 is 0 Å². The van der Waals surface area contributed by atoms with E-state index in [9.17, 15) is 0 Å². The molecule has 3 nitrogen and oxygen atoms in total. The van der Waals surface area contributed by atoms with Crippen LogP contribution in [0.5, 0.6) is 11.5 Å². The Balaban J connectivity index is 2.52. The van der Waals surface area contributed by atoms with Gasteiger partial charge in [0.05, 0.1) is 19.8 Å². The molecule has 0 aliphatic rings. The standard InChI is InChI=1S/C17H20ClNO2/c1-4-21-16-8-6-5-7-13(16)17(19-2)14-11-12(18)9-10-15(14)20-3/h5-11,17,19H,4H2,1-3H3. The predicted octanol–water partition coefficient (Wildman–Crippen LogP) is 4.06. The van der Waals surface area contributed by atoms with Crippen LogP contribution in [-0.2, 0) is 0 Å². The highest BCUT2D eigenvalue weighted by atomic mass is 35.5. The van der Waals surface area contributed by atoms with Crippen molar-refractivity contribution >= 4 is 11.6 Å². The lowest BCUT2D eigenvalue weighted by molar-refractivity contribution is 0.333. The number of rotatable bonds is 6. The van der Waals surface area contributed by atoms with E-state index >= 15 is 0 Å². The summed E-state index contributed by atoms with van der Waals surface area (Å²) in [4.78, 5) is 0. The summed E-state index contributed by atoms with van der Waals surface area (Å²) in [5.74, 6) is 1.66. The molecule has 21 heavy (non-hydrogen) atoms. The van der Waals surface area contributed by atoms with Gasteiger partial charge in [-0.05, 0) is 38.2 Å². The van der Waals surface area contributed by atoms with E-state index in [0.29, 0.717) is 11.6 Å². The highest BCUT2D eigenvalue weighted by Crippen LogP contribution is 2.35. The van der Waals surface area contributed by atoms with Crippen LogP contribution >= 0.6 is 11.6 Å². The van der Waals surface area contributed by atoms with Gasteiger partial charge in [0.25, 0.3) is 0 Å². The van der Waals surface area contributed by atoms with Crippen LogP contribution in [-0.4, -0.2) is 20.8 Å². The van der Waals surface area contributed by atoms with Gasteiger partial charge in [-0.3, -0.25) is 0 Å². The van der Waals surface area contributed by atoms with E-state index in [-0.39, 0.29) is 6.04 Å². The monoisotopic (exact) mass is 305 g/mol. The van der Waals surface area contributed by atoms with Crippen molar-refractivity contribution in [2.75, 3.05) is 20.8 Å². The van der Waals surface area contributed by atoms with Gasteiger partial charge in [0.15, 0.2) is 0 Å². The van der Waals surface area contributed by atoms with Crippen LogP contribution in [0.2, 0.25) is 5.02 Å². The first-order chi connectivity index (χ1) is 10.2. The van der Waals surface area contributed by atoms with Gasteiger partial charge in [0.2, 0.25) is 0 Å². The van der Waals surface area contributed by atoms with E-state index in [1.165, 1.54) is 0 Å². The summed E-state index contributed by atoms with van der Waals surface area (Å²) in [6, 6.07) is 13.6. The van der Waals surface area contributed by atoms with E-state index in [4.69, 9.17) is 21.1 Å². The third-order valence-electron chi connectivity index (χ3n) is 3.32. The normalized spacial score (nSPS) is 12.0. The summed E-state index contributed by atoms with van der Waals surface area (Å²) in [6.45, 7) is 2.60. The molecule has 0 saturated heterocycles. The first-order valence-corrected chi connectivity index (χ1v) is 7.31. The van der Waals surface area contributed by atoms with E-state index in [2.05, 4.69) is 5.32 Å². The van der Waals surface area contributed by atoms with Gasteiger partial charge in [0, 0.05) is 16.1 Å². The highest BCUT2D eigenvalue weighted by Gasteiger charge is 2.20. The fourth-order valence-corrected chi connectivity index (χ4v) is 2.60. The quantitative estimate of drug-likeness (QED) is 0.873. The number of benzene rings is 2. The Hall–Kier alpha value is -1.71. The number of nitrogens with one attached hydrogen (secondary N) is 1. The Morgan fingerprint density at radius 2 is 1.86 bits per heavy atom. The second kappa shape index (κ2) is 7.34. The first-order valence-electron chi connectivity index (χ1n) is 6.93. The van der Waals surface area contributed by atoms with Crippen molar-refractivity contribution < 1.29 is 9.47 Å². The lowest BCUT2D eigenvalue weighted by Crippen LogP contribution is -2.19. The largest absolute Gasteiger partial charge is 0.496 e. The lowest BCUT2D eigenvalue weighted by Gasteiger charge is -2.22. The van der Waals surface area contributed by atoms with Gasteiger partial charge in [-0.25, -0.2) is 0 Å². The number of hydrogen-bond acceptors (Lipinski definition) is 3. The maximum Gasteiger partial charge on any atom is 0.124 e. The molecule has 1 atom stereocenters.